The highest BCUT2D eigenvalue weighted by atomic mass is 32.2. The Bertz CT molecular complexity index is 599. The van der Waals surface area contributed by atoms with Gasteiger partial charge in [0.05, 0.1) is 7.11 Å². The minimum atomic E-state index is 0.419. The van der Waals surface area contributed by atoms with Gasteiger partial charge in [0.15, 0.2) is 0 Å². The van der Waals surface area contributed by atoms with Crippen LogP contribution >= 0.6 is 11.8 Å². The second kappa shape index (κ2) is 5.90. The number of hydrogen-bond acceptors (Lipinski definition) is 3. The van der Waals surface area contributed by atoms with Gasteiger partial charge in [0, 0.05) is 16.2 Å². The topological polar surface area (TPSA) is 21.3 Å². The summed E-state index contributed by atoms with van der Waals surface area (Å²) in [6, 6.07) is 17.5. The van der Waals surface area contributed by atoms with Gasteiger partial charge in [-0.3, -0.25) is 0 Å². The molecule has 0 radical (unpaired) electrons. The zero-order valence-corrected chi connectivity index (χ0v) is 12.6. The van der Waals surface area contributed by atoms with E-state index in [0.29, 0.717) is 11.3 Å². The quantitative estimate of drug-likeness (QED) is 0.926. The summed E-state index contributed by atoms with van der Waals surface area (Å²) in [6.07, 6.45) is 1.11. The van der Waals surface area contributed by atoms with E-state index < -0.39 is 0 Å². The van der Waals surface area contributed by atoms with E-state index in [1.54, 1.807) is 7.11 Å². The summed E-state index contributed by atoms with van der Waals surface area (Å²) in [4.78, 5) is 1.27. The number of thioether (sulfide) groups is 1. The summed E-state index contributed by atoms with van der Waals surface area (Å²) >= 11 is 1.93. The van der Waals surface area contributed by atoms with Crippen LogP contribution in [-0.2, 0) is 6.42 Å². The molecule has 2 nitrogen and oxygen atoms in total. The zero-order chi connectivity index (χ0) is 13.9. The van der Waals surface area contributed by atoms with Crippen molar-refractivity contribution in [3.8, 4) is 5.75 Å². The SMILES string of the molecule is CNC1c2ccccc2CC1Sc1cccc(OC)c1. The molecule has 0 bridgehead atoms. The highest BCUT2D eigenvalue weighted by Crippen LogP contribution is 2.41. The normalized spacial score (nSPS) is 20.7. The van der Waals surface area contributed by atoms with Crippen molar-refractivity contribution in [1.82, 2.24) is 5.32 Å². The summed E-state index contributed by atoms with van der Waals surface area (Å²) < 4.78 is 5.31. The zero-order valence-electron chi connectivity index (χ0n) is 11.8. The van der Waals surface area contributed by atoms with Crippen molar-refractivity contribution in [2.45, 2.75) is 22.6 Å². The van der Waals surface area contributed by atoms with Gasteiger partial charge >= 0.3 is 0 Å². The van der Waals surface area contributed by atoms with Gasteiger partial charge < -0.3 is 10.1 Å². The summed E-state index contributed by atoms with van der Waals surface area (Å²) in [5, 5.41) is 4.00. The van der Waals surface area contributed by atoms with Crippen LogP contribution in [0.2, 0.25) is 0 Å². The number of fused-ring (bicyclic) bond motifs is 1. The fraction of sp³-hybridized carbons (Fsp3) is 0.294. The smallest absolute Gasteiger partial charge is 0.119 e. The van der Waals surface area contributed by atoms with Crippen LogP contribution in [0.1, 0.15) is 17.2 Å². The molecule has 0 amide bonds. The average Bonchev–Trinajstić information content (AvgIpc) is 2.84. The molecule has 1 aliphatic rings. The standard InChI is InChI=1S/C17H19NOS/c1-18-17-15-9-4-3-6-12(15)10-16(17)20-14-8-5-7-13(11-14)19-2/h3-9,11,16-18H,10H2,1-2H3. The lowest BCUT2D eigenvalue weighted by molar-refractivity contribution is 0.413. The monoisotopic (exact) mass is 285 g/mol. The fourth-order valence-corrected chi connectivity index (χ4v) is 4.23. The molecule has 3 rings (SSSR count). The van der Waals surface area contributed by atoms with Crippen molar-refractivity contribution in [3.05, 3.63) is 59.7 Å². The van der Waals surface area contributed by atoms with E-state index in [2.05, 4.69) is 47.8 Å². The van der Waals surface area contributed by atoms with Crippen molar-refractivity contribution >= 4 is 11.8 Å². The first kappa shape index (κ1) is 13.5. The number of hydrogen-bond donors (Lipinski definition) is 1. The summed E-state index contributed by atoms with van der Waals surface area (Å²) in [5.74, 6) is 0.923. The third-order valence-electron chi connectivity index (χ3n) is 3.82. The van der Waals surface area contributed by atoms with Gasteiger partial charge in [0.2, 0.25) is 0 Å². The highest BCUT2D eigenvalue weighted by Gasteiger charge is 2.31. The summed E-state index contributed by atoms with van der Waals surface area (Å²) in [5.41, 5.74) is 2.91. The molecular formula is C17H19NOS. The third kappa shape index (κ3) is 2.56. The van der Waals surface area contributed by atoms with Crippen molar-refractivity contribution in [1.29, 1.82) is 0 Å². The number of benzene rings is 2. The molecule has 3 heteroatoms. The molecule has 1 aliphatic carbocycles. The fourth-order valence-electron chi connectivity index (χ4n) is 2.86. The summed E-state index contributed by atoms with van der Waals surface area (Å²) in [7, 11) is 3.76. The van der Waals surface area contributed by atoms with E-state index in [1.807, 2.05) is 24.9 Å². The van der Waals surface area contributed by atoms with Crippen molar-refractivity contribution in [2.24, 2.45) is 0 Å². The minimum absolute atomic E-state index is 0.419. The van der Waals surface area contributed by atoms with Crippen LogP contribution in [0.15, 0.2) is 53.4 Å². The number of ether oxygens (including phenoxy) is 1. The third-order valence-corrected chi connectivity index (χ3v) is 5.09. The molecule has 0 fully saturated rings. The molecule has 0 aliphatic heterocycles. The molecule has 2 aromatic rings. The first-order valence-electron chi connectivity index (χ1n) is 6.87. The minimum Gasteiger partial charge on any atom is -0.497 e. The van der Waals surface area contributed by atoms with Gasteiger partial charge in [-0.25, -0.2) is 0 Å². The van der Waals surface area contributed by atoms with Crippen molar-refractivity contribution in [3.63, 3.8) is 0 Å². The maximum atomic E-state index is 5.31. The van der Waals surface area contributed by atoms with Crippen LogP contribution in [0.3, 0.4) is 0 Å². The highest BCUT2D eigenvalue weighted by molar-refractivity contribution is 8.00. The molecule has 2 unspecified atom stereocenters. The summed E-state index contributed by atoms with van der Waals surface area (Å²) in [6.45, 7) is 0. The van der Waals surface area contributed by atoms with Crippen LogP contribution in [0.4, 0.5) is 0 Å². The first-order valence-corrected chi connectivity index (χ1v) is 7.75. The van der Waals surface area contributed by atoms with E-state index in [-0.39, 0.29) is 0 Å². The molecule has 0 spiro atoms. The average molecular weight is 285 g/mol. The van der Waals surface area contributed by atoms with Gasteiger partial charge in [-0.2, -0.15) is 0 Å². The van der Waals surface area contributed by atoms with E-state index in [4.69, 9.17) is 4.74 Å². The Balaban J connectivity index is 1.81. The lowest BCUT2D eigenvalue weighted by Crippen LogP contribution is -2.23. The number of nitrogens with one attached hydrogen (secondary N) is 1. The number of methoxy groups -OCH3 is 1. The molecule has 0 saturated heterocycles. The molecule has 0 aromatic heterocycles. The lowest BCUT2D eigenvalue weighted by atomic mass is 10.1. The van der Waals surface area contributed by atoms with Gasteiger partial charge in [0.1, 0.15) is 5.75 Å². The predicted molar refractivity (Wildman–Crippen MR) is 84.6 cm³/mol. The second-order valence-corrected chi connectivity index (χ2v) is 6.32. The predicted octanol–water partition coefficient (Wildman–Crippen LogP) is 3.67. The lowest BCUT2D eigenvalue weighted by Gasteiger charge is -2.19. The van der Waals surface area contributed by atoms with Gasteiger partial charge in [-0.1, -0.05) is 30.3 Å². The Labute approximate surface area is 124 Å². The second-order valence-electron chi connectivity index (χ2n) is 5.00. The van der Waals surface area contributed by atoms with E-state index >= 15 is 0 Å². The Morgan fingerprint density at radius 1 is 1.15 bits per heavy atom. The maximum absolute atomic E-state index is 5.31. The van der Waals surface area contributed by atoms with Crippen LogP contribution in [-0.4, -0.2) is 19.4 Å². The van der Waals surface area contributed by atoms with Gasteiger partial charge in [-0.15, -0.1) is 11.8 Å². The molecule has 0 heterocycles. The van der Waals surface area contributed by atoms with Crippen LogP contribution in [0.25, 0.3) is 0 Å². The maximum Gasteiger partial charge on any atom is 0.119 e. The molecule has 104 valence electrons. The number of rotatable bonds is 4. The van der Waals surface area contributed by atoms with Crippen LogP contribution < -0.4 is 10.1 Å². The van der Waals surface area contributed by atoms with E-state index in [9.17, 15) is 0 Å². The molecule has 0 saturated carbocycles. The van der Waals surface area contributed by atoms with E-state index in [1.165, 1.54) is 16.0 Å². The Morgan fingerprint density at radius 3 is 2.80 bits per heavy atom. The van der Waals surface area contributed by atoms with Gasteiger partial charge in [-0.05, 0) is 42.8 Å². The van der Waals surface area contributed by atoms with Crippen LogP contribution in [0, 0.1) is 0 Å². The molecule has 1 N–H and O–H groups in total. The largest absolute Gasteiger partial charge is 0.497 e. The van der Waals surface area contributed by atoms with E-state index in [0.717, 1.165) is 12.2 Å². The van der Waals surface area contributed by atoms with Gasteiger partial charge in [0.25, 0.3) is 0 Å². The van der Waals surface area contributed by atoms with Crippen molar-refractivity contribution in [2.75, 3.05) is 14.2 Å². The molecule has 2 atom stereocenters. The Morgan fingerprint density at radius 2 is 2.00 bits per heavy atom. The Kier molecular flexibility index (Phi) is 3.99. The Hall–Kier alpha value is -1.45. The first-order chi connectivity index (χ1) is 9.81. The van der Waals surface area contributed by atoms with Crippen molar-refractivity contribution < 1.29 is 4.74 Å². The molecule has 20 heavy (non-hydrogen) atoms. The molecule has 2 aromatic carbocycles. The van der Waals surface area contributed by atoms with Crippen LogP contribution in [0.5, 0.6) is 5.75 Å². The molecular weight excluding hydrogens is 266 g/mol.